The highest BCUT2D eigenvalue weighted by atomic mass is 127. The number of nitrogens with two attached hydrogens (primary N) is 1. The lowest BCUT2D eigenvalue weighted by atomic mass is 10.1. The zero-order valence-corrected chi connectivity index (χ0v) is 16.9. The van der Waals surface area contributed by atoms with Crippen LogP contribution in [0.5, 0.6) is 0 Å². The average Bonchev–Trinajstić information content (AvgIpc) is 2.38. The van der Waals surface area contributed by atoms with Crippen molar-refractivity contribution in [3.8, 4) is 0 Å². The number of hydrogen-bond donors (Lipinski definition) is 2. The molecule has 0 spiro atoms. The molecule has 1 aromatic carbocycles. The van der Waals surface area contributed by atoms with E-state index in [1.54, 1.807) is 6.07 Å². The lowest BCUT2D eigenvalue weighted by Gasteiger charge is -2.16. The topological polar surface area (TPSA) is 50.4 Å². The van der Waals surface area contributed by atoms with Crippen LogP contribution in [0.1, 0.15) is 31.4 Å². The van der Waals surface area contributed by atoms with Gasteiger partial charge < -0.3 is 11.1 Å². The Balaban J connectivity index is 0.00000400. The fourth-order valence-electron chi connectivity index (χ4n) is 1.76. The van der Waals surface area contributed by atoms with E-state index in [0.717, 1.165) is 24.9 Å². The van der Waals surface area contributed by atoms with Crippen molar-refractivity contribution in [3.05, 3.63) is 33.8 Å². The molecule has 0 aromatic heterocycles. The summed E-state index contributed by atoms with van der Waals surface area (Å²) in [4.78, 5) is 4.31. The Bertz CT molecular complexity index is 458. The molecule has 0 aliphatic carbocycles. The largest absolute Gasteiger partial charge is 0.370 e. The first-order chi connectivity index (χ1) is 9.54. The van der Waals surface area contributed by atoms with Gasteiger partial charge in [0.1, 0.15) is 0 Å². The van der Waals surface area contributed by atoms with Gasteiger partial charge in [-0.2, -0.15) is 11.8 Å². The summed E-state index contributed by atoms with van der Waals surface area (Å²) in [6.07, 6.45) is 4.33. The quantitative estimate of drug-likeness (QED) is 0.267. The second kappa shape index (κ2) is 11.7. The molecule has 7 heteroatoms. The molecule has 0 fully saturated rings. The summed E-state index contributed by atoms with van der Waals surface area (Å²) in [6.45, 7) is 2.74. The van der Waals surface area contributed by atoms with Crippen molar-refractivity contribution in [1.29, 1.82) is 0 Å². The molecule has 0 amide bonds. The third kappa shape index (κ3) is 8.38. The molecule has 3 nitrogen and oxygen atoms in total. The summed E-state index contributed by atoms with van der Waals surface area (Å²) >= 11 is 13.9. The lowest BCUT2D eigenvalue weighted by Crippen LogP contribution is -2.34. The van der Waals surface area contributed by atoms with Crippen LogP contribution in [0.3, 0.4) is 0 Å². The normalized spacial score (nSPS) is 12.7. The molecule has 1 atom stereocenters. The van der Waals surface area contributed by atoms with E-state index >= 15 is 0 Å². The van der Waals surface area contributed by atoms with Gasteiger partial charge >= 0.3 is 0 Å². The van der Waals surface area contributed by atoms with E-state index in [0.29, 0.717) is 16.0 Å². The van der Waals surface area contributed by atoms with Crippen LogP contribution in [-0.4, -0.2) is 24.5 Å². The first-order valence-electron chi connectivity index (χ1n) is 6.55. The molecular formula is C14H22Cl2IN3S. The monoisotopic (exact) mass is 461 g/mol. The van der Waals surface area contributed by atoms with Crippen molar-refractivity contribution in [2.75, 3.05) is 18.6 Å². The van der Waals surface area contributed by atoms with E-state index in [2.05, 4.69) is 16.6 Å². The van der Waals surface area contributed by atoms with Crippen molar-refractivity contribution >= 4 is 64.9 Å². The first-order valence-corrected chi connectivity index (χ1v) is 8.70. The number of benzene rings is 1. The molecular weight excluding hydrogens is 440 g/mol. The smallest absolute Gasteiger partial charge is 0.189 e. The highest BCUT2D eigenvalue weighted by molar-refractivity contribution is 14.0. The van der Waals surface area contributed by atoms with Gasteiger partial charge in [0.25, 0.3) is 0 Å². The SMILES string of the molecule is CSCCCCN=C(N)NC(C)c1ccc(Cl)cc1Cl.I. The number of unbranched alkanes of at least 4 members (excludes halogenated alkanes) is 1. The molecule has 120 valence electrons. The molecule has 0 aliphatic heterocycles. The van der Waals surface area contributed by atoms with Crippen molar-refractivity contribution in [1.82, 2.24) is 5.32 Å². The summed E-state index contributed by atoms with van der Waals surface area (Å²) < 4.78 is 0. The number of thioether (sulfide) groups is 1. The van der Waals surface area contributed by atoms with Crippen molar-refractivity contribution in [2.45, 2.75) is 25.8 Å². The molecule has 0 bridgehead atoms. The summed E-state index contributed by atoms with van der Waals surface area (Å²) in [5.74, 6) is 1.62. The Morgan fingerprint density at radius 1 is 1.38 bits per heavy atom. The lowest BCUT2D eigenvalue weighted by molar-refractivity contribution is 0.704. The Morgan fingerprint density at radius 3 is 2.71 bits per heavy atom. The van der Waals surface area contributed by atoms with Gasteiger partial charge in [-0.25, -0.2) is 0 Å². The highest BCUT2D eigenvalue weighted by Crippen LogP contribution is 2.25. The van der Waals surface area contributed by atoms with Gasteiger partial charge in [0.05, 0.1) is 6.04 Å². The summed E-state index contributed by atoms with van der Waals surface area (Å²) in [7, 11) is 0. The van der Waals surface area contributed by atoms with Crippen LogP contribution in [0.4, 0.5) is 0 Å². The molecule has 1 rings (SSSR count). The van der Waals surface area contributed by atoms with Crippen LogP contribution < -0.4 is 11.1 Å². The molecule has 0 saturated heterocycles. The third-order valence-electron chi connectivity index (χ3n) is 2.83. The number of nitrogens with zero attached hydrogens (tertiary/aromatic N) is 1. The third-order valence-corrected chi connectivity index (χ3v) is 4.09. The summed E-state index contributed by atoms with van der Waals surface area (Å²) in [6, 6.07) is 5.44. The average molecular weight is 462 g/mol. The van der Waals surface area contributed by atoms with Crippen molar-refractivity contribution < 1.29 is 0 Å². The zero-order valence-electron chi connectivity index (χ0n) is 12.2. The molecule has 1 aromatic rings. The predicted octanol–water partition coefficient (Wildman–Crippen LogP) is 4.72. The van der Waals surface area contributed by atoms with E-state index in [9.17, 15) is 0 Å². The maximum atomic E-state index is 6.16. The zero-order chi connectivity index (χ0) is 15.0. The Hall–Kier alpha value is 0.150. The van der Waals surface area contributed by atoms with Gasteiger partial charge in [-0.3, -0.25) is 4.99 Å². The molecule has 0 saturated carbocycles. The van der Waals surface area contributed by atoms with Crippen LogP contribution in [0.25, 0.3) is 0 Å². The molecule has 0 heterocycles. The molecule has 21 heavy (non-hydrogen) atoms. The number of guanidine groups is 1. The fourth-order valence-corrected chi connectivity index (χ4v) is 2.82. The molecule has 3 N–H and O–H groups in total. The molecule has 0 aliphatic rings. The van der Waals surface area contributed by atoms with Crippen LogP contribution in [0.2, 0.25) is 10.0 Å². The second-order valence-electron chi connectivity index (χ2n) is 4.50. The Morgan fingerprint density at radius 2 is 2.10 bits per heavy atom. The summed E-state index contributed by atoms with van der Waals surface area (Å²) in [5.41, 5.74) is 6.83. The predicted molar refractivity (Wildman–Crippen MR) is 108 cm³/mol. The van der Waals surface area contributed by atoms with Gasteiger partial charge in [-0.15, -0.1) is 24.0 Å². The van der Waals surface area contributed by atoms with Crippen LogP contribution in [0, 0.1) is 0 Å². The van der Waals surface area contributed by atoms with Crippen LogP contribution in [-0.2, 0) is 0 Å². The number of rotatable bonds is 7. The number of nitrogens with one attached hydrogen (secondary N) is 1. The molecule has 1 unspecified atom stereocenters. The minimum absolute atomic E-state index is 0. The fraction of sp³-hybridized carbons (Fsp3) is 0.500. The van der Waals surface area contributed by atoms with E-state index in [1.807, 2.05) is 30.8 Å². The number of hydrogen-bond acceptors (Lipinski definition) is 2. The van der Waals surface area contributed by atoms with Crippen molar-refractivity contribution in [2.24, 2.45) is 10.7 Å². The minimum Gasteiger partial charge on any atom is -0.370 e. The Labute approximate surface area is 158 Å². The van der Waals surface area contributed by atoms with Gasteiger partial charge in [0, 0.05) is 16.6 Å². The van der Waals surface area contributed by atoms with E-state index in [-0.39, 0.29) is 30.0 Å². The number of halogens is 3. The van der Waals surface area contributed by atoms with Crippen molar-refractivity contribution in [3.63, 3.8) is 0 Å². The van der Waals surface area contributed by atoms with Gasteiger partial charge in [-0.05, 0) is 49.5 Å². The van der Waals surface area contributed by atoms with E-state index in [1.165, 1.54) is 5.75 Å². The van der Waals surface area contributed by atoms with Gasteiger partial charge in [-0.1, -0.05) is 29.3 Å². The van der Waals surface area contributed by atoms with Crippen LogP contribution >= 0.6 is 58.9 Å². The first kappa shape index (κ1) is 21.1. The van der Waals surface area contributed by atoms with E-state index in [4.69, 9.17) is 28.9 Å². The standard InChI is InChI=1S/C14H21Cl2N3S.HI/c1-10(12-6-5-11(15)9-13(12)16)19-14(17)18-7-3-4-8-20-2;/h5-6,9-10H,3-4,7-8H2,1-2H3,(H3,17,18,19);1H. The van der Waals surface area contributed by atoms with Crippen LogP contribution in [0.15, 0.2) is 23.2 Å². The number of aliphatic imine (C=N–C) groups is 1. The van der Waals surface area contributed by atoms with Gasteiger partial charge in [0.2, 0.25) is 0 Å². The molecule has 0 radical (unpaired) electrons. The summed E-state index contributed by atoms with van der Waals surface area (Å²) in [5, 5.41) is 4.40. The van der Waals surface area contributed by atoms with Gasteiger partial charge in [0.15, 0.2) is 5.96 Å². The second-order valence-corrected chi connectivity index (χ2v) is 6.33. The van der Waals surface area contributed by atoms with E-state index < -0.39 is 0 Å². The minimum atomic E-state index is -0.00489. The maximum Gasteiger partial charge on any atom is 0.189 e. The maximum absolute atomic E-state index is 6.16. The Kier molecular flexibility index (Phi) is 11.8. The highest BCUT2D eigenvalue weighted by Gasteiger charge is 2.10.